The molecule has 14 heavy (non-hydrogen) atoms. The van der Waals surface area contributed by atoms with Crippen LogP contribution in [-0.2, 0) is 4.94 Å². The van der Waals surface area contributed by atoms with Crippen LogP contribution in [0.25, 0.3) is 0 Å². The van der Waals surface area contributed by atoms with Crippen molar-refractivity contribution < 1.29 is 23.3 Å². The van der Waals surface area contributed by atoms with E-state index in [1.807, 2.05) is 0 Å². The van der Waals surface area contributed by atoms with Crippen molar-refractivity contribution in [2.45, 2.75) is 6.30 Å². The molecule has 1 N–H and O–H groups in total. The number of para-hydroxylation sites is 2. The van der Waals surface area contributed by atoms with E-state index in [-0.39, 0.29) is 21.7 Å². The second-order valence-corrected chi connectivity index (χ2v) is 2.61. The predicted molar refractivity (Wildman–Crippen MR) is 40.3 cm³/mol. The summed E-state index contributed by atoms with van der Waals surface area (Å²) in [6.45, 7) is 0. The zero-order valence-corrected chi connectivity index (χ0v) is 6.69. The molecule has 0 radical (unpaired) electrons. The van der Waals surface area contributed by atoms with Gasteiger partial charge in [-0.3, -0.25) is 5.21 Å². The summed E-state index contributed by atoms with van der Waals surface area (Å²) in [7, 11) is 0. The van der Waals surface area contributed by atoms with E-state index in [2.05, 4.69) is 4.94 Å². The lowest BCUT2D eigenvalue weighted by Crippen LogP contribution is -2.37. The fourth-order valence-corrected chi connectivity index (χ4v) is 1.15. The van der Waals surface area contributed by atoms with E-state index < -0.39 is 6.30 Å². The summed E-state index contributed by atoms with van der Waals surface area (Å²) in [6, 6.07) is 5.41. The van der Waals surface area contributed by atoms with Gasteiger partial charge in [0.1, 0.15) is 11.4 Å². The van der Waals surface area contributed by atoms with Crippen LogP contribution >= 0.6 is 0 Å². The Morgan fingerprint density at radius 1 is 1.14 bits per heavy atom. The molecule has 4 nitrogen and oxygen atoms in total. The van der Waals surface area contributed by atoms with E-state index >= 15 is 0 Å². The Bertz CT molecular complexity index is 355. The third-order valence-corrected chi connectivity index (χ3v) is 1.70. The summed E-state index contributed by atoms with van der Waals surface area (Å²) >= 11 is 0. The molecular formula is C7H5F3N2O2. The molecule has 1 aromatic rings. The maximum absolute atomic E-state index is 12.3. The molecular weight excluding hydrogens is 201 g/mol. The number of halogens is 3. The maximum Gasteiger partial charge on any atom is 0.510 e. The summed E-state index contributed by atoms with van der Waals surface area (Å²) in [5.41, 5.74) is -0.299. The van der Waals surface area contributed by atoms with Crippen LogP contribution in [-0.4, -0.2) is 11.5 Å². The highest BCUT2D eigenvalue weighted by Crippen LogP contribution is 2.41. The first-order valence-electron chi connectivity index (χ1n) is 3.63. The number of rotatable bonds is 0. The highest BCUT2D eigenvalue weighted by Gasteiger charge is 2.46. The van der Waals surface area contributed by atoms with Crippen LogP contribution in [0.2, 0.25) is 0 Å². The Morgan fingerprint density at radius 2 is 1.71 bits per heavy atom. The number of alkyl halides is 3. The molecule has 0 bridgehead atoms. The van der Waals surface area contributed by atoms with Gasteiger partial charge < -0.3 is 0 Å². The fourth-order valence-electron chi connectivity index (χ4n) is 1.15. The molecule has 0 aromatic heterocycles. The van der Waals surface area contributed by atoms with Gasteiger partial charge in [0.05, 0.1) is 0 Å². The van der Waals surface area contributed by atoms with Gasteiger partial charge in [0, 0.05) is 0 Å². The van der Waals surface area contributed by atoms with Crippen LogP contribution in [0, 0.1) is 0 Å². The average molecular weight is 206 g/mol. The number of hydroxylamine groups is 1. The first kappa shape index (κ1) is 9.10. The molecule has 0 saturated heterocycles. The van der Waals surface area contributed by atoms with Crippen molar-refractivity contribution in [2.75, 3.05) is 10.3 Å². The number of anilines is 2. The summed E-state index contributed by atoms with van der Waals surface area (Å²) in [4.78, 5) is 4.09. The van der Waals surface area contributed by atoms with E-state index in [0.717, 1.165) is 0 Å². The molecule has 0 fully saturated rings. The van der Waals surface area contributed by atoms with Gasteiger partial charge in [0.25, 0.3) is 0 Å². The molecule has 0 spiro atoms. The van der Waals surface area contributed by atoms with E-state index in [0.29, 0.717) is 0 Å². The van der Waals surface area contributed by atoms with Gasteiger partial charge in [-0.05, 0) is 12.1 Å². The van der Waals surface area contributed by atoms with Crippen LogP contribution in [0.5, 0.6) is 0 Å². The molecule has 76 valence electrons. The summed E-state index contributed by atoms with van der Waals surface area (Å²) in [5.74, 6) is 0. The van der Waals surface area contributed by atoms with Crippen LogP contribution in [0.3, 0.4) is 0 Å². The lowest BCUT2D eigenvalue weighted by molar-refractivity contribution is -0.209. The summed E-state index contributed by atoms with van der Waals surface area (Å²) in [6.07, 6.45) is -4.69. The number of fused-ring (bicyclic) bond motifs is 1. The smallest absolute Gasteiger partial charge is 0.262 e. The zero-order valence-electron chi connectivity index (χ0n) is 6.69. The van der Waals surface area contributed by atoms with Crippen LogP contribution in [0.1, 0.15) is 0 Å². The Balaban J connectivity index is 2.44. The lowest BCUT2D eigenvalue weighted by atomic mass is 10.3. The van der Waals surface area contributed by atoms with E-state index in [1.54, 1.807) is 0 Å². The van der Waals surface area contributed by atoms with Crippen molar-refractivity contribution in [3.63, 3.8) is 0 Å². The van der Waals surface area contributed by atoms with Crippen molar-refractivity contribution >= 4 is 11.4 Å². The minimum atomic E-state index is -4.69. The quantitative estimate of drug-likeness (QED) is 0.659. The Morgan fingerprint density at radius 3 is 2.29 bits per heavy atom. The van der Waals surface area contributed by atoms with Gasteiger partial charge in [-0.2, -0.15) is 0 Å². The topological polar surface area (TPSA) is 35.9 Å². The van der Waals surface area contributed by atoms with Crippen molar-refractivity contribution in [1.29, 1.82) is 0 Å². The molecule has 1 aliphatic heterocycles. The molecule has 0 aliphatic carbocycles. The Hall–Kier alpha value is -1.47. The molecule has 1 heterocycles. The highest BCUT2D eigenvalue weighted by atomic mass is 19.4. The highest BCUT2D eigenvalue weighted by molar-refractivity contribution is 5.71. The molecule has 0 unspecified atom stereocenters. The molecule has 0 atom stereocenters. The van der Waals surface area contributed by atoms with Crippen molar-refractivity contribution in [3.05, 3.63) is 24.3 Å². The summed E-state index contributed by atoms with van der Waals surface area (Å²) in [5, 5.41) is 8.74. The van der Waals surface area contributed by atoms with E-state index in [1.165, 1.54) is 24.3 Å². The molecule has 0 saturated carbocycles. The van der Waals surface area contributed by atoms with Crippen LogP contribution in [0.4, 0.5) is 24.5 Å². The van der Waals surface area contributed by atoms with Crippen molar-refractivity contribution in [2.24, 2.45) is 0 Å². The second kappa shape index (κ2) is 2.76. The second-order valence-electron chi connectivity index (χ2n) is 2.61. The van der Waals surface area contributed by atoms with Crippen LogP contribution in [0.15, 0.2) is 24.3 Å². The monoisotopic (exact) mass is 206 g/mol. The third kappa shape index (κ3) is 1.26. The van der Waals surface area contributed by atoms with Crippen molar-refractivity contribution in [3.8, 4) is 0 Å². The molecule has 1 aromatic carbocycles. The molecule has 0 amide bonds. The Labute approximate surface area is 76.6 Å². The van der Waals surface area contributed by atoms with E-state index in [4.69, 9.17) is 5.21 Å². The van der Waals surface area contributed by atoms with Gasteiger partial charge >= 0.3 is 6.30 Å². The number of hydrogen-bond acceptors (Lipinski definition) is 4. The normalized spacial score (nSPS) is 16.0. The van der Waals surface area contributed by atoms with Crippen LogP contribution < -0.4 is 10.3 Å². The minimum Gasteiger partial charge on any atom is -0.262 e. The average Bonchev–Trinajstić information content (AvgIpc) is 2.44. The van der Waals surface area contributed by atoms with E-state index in [9.17, 15) is 13.2 Å². The van der Waals surface area contributed by atoms with Gasteiger partial charge in [-0.1, -0.05) is 12.1 Å². The molecule has 1 aliphatic rings. The van der Waals surface area contributed by atoms with Gasteiger partial charge in [0.2, 0.25) is 0 Å². The zero-order chi connectivity index (χ0) is 10.3. The standard InChI is InChI=1S/C7H5F3N2O2/c8-7(9,10)11-5-3-1-2-4-6(5)12(13)14-11/h1-4,13H. The number of hydrogen-bond donors (Lipinski definition) is 1. The first-order valence-corrected chi connectivity index (χ1v) is 3.63. The number of nitrogens with zero attached hydrogens (tertiary/aromatic N) is 2. The Kier molecular flexibility index (Phi) is 1.79. The number of benzene rings is 1. The summed E-state index contributed by atoms with van der Waals surface area (Å²) < 4.78 is 36.8. The first-order chi connectivity index (χ1) is 6.50. The third-order valence-electron chi connectivity index (χ3n) is 1.70. The largest absolute Gasteiger partial charge is 0.510 e. The van der Waals surface area contributed by atoms with Gasteiger partial charge in [-0.25, -0.2) is 0 Å². The maximum atomic E-state index is 12.3. The minimum absolute atomic E-state index is 0.0511. The van der Waals surface area contributed by atoms with Crippen molar-refractivity contribution in [1.82, 2.24) is 0 Å². The fraction of sp³-hybridized carbons (Fsp3) is 0.143. The molecule has 2 rings (SSSR count). The lowest BCUT2D eigenvalue weighted by Gasteiger charge is -2.18. The van der Waals surface area contributed by atoms with Gasteiger partial charge in [0.15, 0.2) is 0 Å². The predicted octanol–water partition coefficient (Wildman–Crippen LogP) is 2.07. The SMILES string of the molecule is ON1ON(C(F)(F)F)c2ccccc21. The van der Waals surface area contributed by atoms with Gasteiger partial charge in [-0.15, -0.1) is 28.4 Å². The molecule has 7 heteroatoms.